The summed E-state index contributed by atoms with van der Waals surface area (Å²) >= 11 is 0. The first-order chi connectivity index (χ1) is 12.4. The second-order valence-electron chi connectivity index (χ2n) is 5.58. The van der Waals surface area contributed by atoms with Gasteiger partial charge >= 0.3 is 0 Å². The maximum absolute atomic E-state index is 12.3. The van der Waals surface area contributed by atoms with E-state index in [-0.39, 0.29) is 23.9 Å². The number of amides is 2. The predicted molar refractivity (Wildman–Crippen MR) is 95.9 cm³/mol. The van der Waals surface area contributed by atoms with Gasteiger partial charge in [-0.05, 0) is 29.8 Å². The number of carbonyl (C=O) groups is 2. The summed E-state index contributed by atoms with van der Waals surface area (Å²) in [5.41, 5.74) is 1.15. The Hall–Kier alpha value is -3.42. The van der Waals surface area contributed by atoms with Crippen molar-refractivity contribution in [3.05, 3.63) is 64.2 Å². The number of nitro benzene ring substituents is 1. The maximum Gasteiger partial charge on any atom is 0.269 e. The zero-order valence-electron chi connectivity index (χ0n) is 14.4. The topological polar surface area (TPSA) is 111 Å². The molecular formula is C18H19N3O5. The molecule has 2 aromatic carbocycles. The van der Waals surface area contributed by atoms with Gasteiger partial charge in [0.05, 0.1) is 24.5 Å². The lowest BCUT2D eigenvalue weighted by molar-refractivity contribution is -0.384. The van der Waals surface area contributed by atoms with Gasteiger partial charge in [-0.1, -0.05) is 12.1 Å². The minimum atomic E-state index is -0.512. The van der Waals surface area contributed by atoms with Crippen molar-refractivity contribution >= 4 is 23.2 Å². The average molecular weight is 357 g/mol. The molecule has 1 unspecified atom stereocenters. The van der Waals surface area contributed by atoms with Crippen LogP contribution in [0.1, 0.15) is 24.9 Å². The second-order valence-corrected chi connectivity index (χ2v) is 5.58. The Balaban J connectivity index is 2.07. The first-order valence-corrected chi connectivity index (χ1v) is 7.84. The largest absolute Gasteiger partial charge is 0.497 e. The molecule has 2 aromatic rings. The number of non-ortho nitro benzene ring substituents is 1. The molecule has 136 valence electrons. The van der Waals surface area contributed by atoms with Crippen LogP contribution in [0.3, 0.4) is 0 Å². The molecule has 0 aliphatic rings. The zero-order chi connectivity index (χ0) is 19.1. The van der Waals surface area contributed by atoms with Crippen LogP contribution in [0.4, 0.5) is 11.4 Å². The van der Waals surface area contributed by atoms with Crippen LogP contribution in [0, 0.1) is 10.1 Å². The van der Waals surface area contributed by atoms with E-state index in [9.17, 15) is 19.7 Å². The van der Waals surface area contributed by atoms with Crippen LogP contribution in [0.2, 0.25) is 0 Å². The van der Waals surface area contributed by atoms with Crippen LogP contribution < -0.4 is 15.4 Å². The highest BCUT2D eigenvalue weighted by atomic mass is 16.6. The van der Waals surface area contributed by atoms with E-state index >= 15 is 0 Å². The molecule has 8 nitrogen and oxygen atoms in total. The van der Waals surface area contributed by atoms with Crippen LogP contribution >= 0.6 is 0 Å². The molecule has 0 fully saturated rings. The van der Waals surface area contributed by atoms with Crippen LogP contribution in [-0.4, -0.2) is 23.8 Å². The fraction of sp³-hybridized carbons (Fsp3) is 0.222. The van der Waals surface area contributed by atoms with Gasteiger partial charge in [-0.3, -0.25) is 19.7 Å². The first kappa shape index (κ1) is 18.9. The van der Waals surface area contributed by atoms with E-state index in [1.807, 2.05) is 0 Å². The number of nitrogens with zero attached hydrogens (tertiary/aromatic N) is 1. The third-order valence-electron chi connectivity index (χ3n) is 3.65. The average Bonchev–Trinajstić information content (AvgIpc) is 2.61. The molecule has 0 heterocycles. The molecule has 0 spiro atoms. The van der Waals surface area contributed by atoms with Crippen molar-refractivity contribution in [1.82, 2.24) is 5.32 Å². The minimum Gasteiger partial charge on any atom is -0.497 e. The lowest BCUT2D eigenvalue weighted by Gasteiger charge is -2.18. The van der Waals surface area contributed by atoms with Gasteiger partial charge in [0, 0.05) is 24.7 Å². The number of hydrogen-bond donors (Lipinski definition) is 2. The van der Waals surface area contributed by atoms with Crippen LogP contribution in [-0.2, 0) is 9.59 Å². The van der Waals surface area contributed by atoms with Crippen LogP contribution in [0.25, 0.3) is 0 Å². The Morgan fingerprint density at radius 2 is 1.73 bits per heavy atom. The summed E-state index contributed by atoms with van der Waals surface area (Å²) in [7, 11) is 1.55. The van der Waals surface area contributed by atoms with Gasteiger partial charge in [-0.15, -0.1) is 0 Å². The van der Waals surface area contributed by atoms with Crippen molar-refractivity contribution in [3.8, 4) is 5.75 Å². The Bertz CT molecular complexity index is 787. The fourth-order valence-corrected chi connectivity index (χ4v) is 2.40. The molecule has 2 rings (SSSR count). The summed E-state index contributed by atoms with van der Waals surface area (Å²) in [5, 5.41) is 16.1. The third kappa shape index (κ3) is 5.30. The van der Waals surface area contributed by atoms with Crippen LogP contribution in [0.15, 0.2) is 48.5 Å². The second kappa shape index (κ2) is 8.61. The number of hydrogen-bond acceptors (Lipinski definition) is 5. The molecule has 0 bridgehead atoms. The van der Waals surface area contributed by atoms with Crippen molar-refractivity contribution in [2.45, 2.75) is 19.4 Å². The van der Waals surface area contributed by atoms with Gasteiger partial charge in [0.15, 0.2) is 0 Å². The van der Waals surface area contributed by atoms with Crippen molar-refractivity contribution in [1.29, 1.82) is 0 Å². The molecule has 0 radical (unpaired) electrons. The summed E-state index contributed by atoms with van der Waals surface area (Å²) < 4.78 is 5.10. The molecule has 2 N–H and O–H groups in total. The normalized spacial score (nSPS) is 11.3. The quantitative estimate of drug-likeness (QED) is 0.585. The number of rotatable bonds is 7. The highest BCUT2D eigenvalue weighted by molar-refractivity contribution is 5.91. The van der Waals surface area contributed by atoms with Gasteiger partial charge in [0.25, 0.3) is 5.69 Å². The molecular weight excluding hydrogens is 338 g/mol. The molecule has 2 amide bonds. The minimum absolute atomic E-state index is 0.0168. The standard InChI is InChI=1S/C18H19N3O5/c1-12(22)19-17(13-3-9-16(26-2)10-4-13)11-18(23)20-14-5-7-15(8-6-14)21(24)25/h3-10,17H,11H2,1-2H3,(H,19,22)(H,20,23). The van der Waals surface area contributed by atoms with Crippen molar-refractivity contribution in [3.63, 3.8) is 0 Å². The van der Waals surface area contributed by atoms with E-state index in [0.29, 0.717) is 11.4 Å². The van der Waals surface area contributed by atoms with E-state index < -0.39 is 11.0 Å². The lowest BCUT2D eigenvalue weighted by atomic mass is 10.0. The van der Waals surface area contributed by atoms with Crippen molar-refractivity contribution in [2.75, 3.05) is 12.4 Å². The monoisotopic (exact) mass is 357 g/mol. The summed E-state index contributed by atoms with van der Waals surface area (Å²) in [6, 6.07) is 12.1. The molecule has 8 heteroatoms. The Morgan fingerprint density at radius 3 is 2.23 bits per heavy atom. The van der Waals surface area contributed by atoms with E-state index in [2.05, 4.69) is 10.6 Å². The lowest BCUT2D eigenvalue weighted by Crippen LogP contribution is -2.29. The van der Waals surface area contributed by atoms with E-state index in [0.717, 1.165) is 5.56 Å². The fourth-order valence-electron chi connectivity index (χ4n) is 2.40. The van der Waals surface area contributed by atoms with E-state index in [4.69, 9.17) is 4.74 Å². The van der Waals surface area contributed by atoms with E-state index in [1.54, 1.807) is 31.4 Å². The summed E-state index contributed by atoms with van der Waals surface area (Å²) in [6.07, 6.45) is 0.0168. The van der Waals surface area contributed by atoms with Gasteiger partial charge in [-0.2, -0.15) is 0 Å². The molecule has 26 heavy (non-hydrogen) atoms. The number of nitro groups is 1. The Kier molecular flexibility index (Phi) is 6.26. The molecule has 1 atom stereocenters. The SMILES string of the molecule is COc1ccc(C(CC(=O)Nc2ccc([N+](=O)[O-])cc2)NC(C)=O)cc1. The van der Waals surface area contributed by atoms with E-state index in [1.165, 1.54) is 31.2 Å². The van der Waals surface area contributed by atoms with Gasteiger partial charge in [0.1, 0.15) is 5.75 Å². The number of anilines is 1. The smallest absolute Gasteiger partial charge is 0.269 e. The molecule has 0 saturated heterocycles. The number of benzene rings is 2. The van der Waals surface area contributed by atoms with Crippen molar-refractivity contribution in [2.24, 2.45) is 0 Å². The number of nitrogens with one attached hydrogen (secondary N) is 2. The Morgan fingerprint density at radius 1 is 1.12 bits per heavy atom. The predicted octanol–water partition coefficient (Wildman–Crippen LogP) is 2.81. The van der Waals surface area contributed by atoms with Gasteiger partial charge < -0.3 is 15.4 Å². The molecule has 0 aromatic heterocycles. The van der Waals surface area contributed by atoms with Crippen LogP contribution in [0.5, 0.6) is 5.75 Å². The van der Waals surface area contributed by atoms with Gasteiger partial charge in [-0.25, -0.2) is 0 Å². The highest BCUT2D eigenvalue weighted by Gasteiger charge is 2.17. The van der Waals surface area contributed by atoms with Crippen molar-refractivity contribution < 1.29 is 19.2 Å². The number of methoxy groups -OCH3 is 1. The summed E-state index contributed by atoms with van der Waals surface area (Å²) in [6.45, 7) is 1.38. The molecule has 0 aliphatic carbocycles. The highest BCUT2D eigenvalue weighted by Crippen LogP contribution is 2.22. The van der Waals surface area contributed by atoms with Gasteiger partial charge in [0.2, 0.25) is 11.8 Å². The number of ether oxygens (including phenoxy) is 1. The maximum atomic E-state index is 12.3. The third-order valence-corrected chi connectivity index (χ3v) is 3.65. The summed E-state index contributed by atoms with van der Waals surface area (Å²) in [4.78, 5) is 33.9. The molecule has 0 saturated carbocycles. The summed E-state index contributed by atoms with van der Waals surface area (Å²) in [5.74, 6) is 0.0908. The molecule has 0 aliphatic heterocycles. The zero-order valence-corrected chi connectivity index (χ0v) is 14.4. The first-order valence-electron chi connectivity index (χ1n) is 7.84. The number of carbonyl (C=O) groups excluding carboxylic acids is 2. The Labute approximate surface area is 150 Å².